The number of rotatable bonds is 3. The summed E-state index contributed by atoms with van der Waals surface area (Å²) in [4.78, 5) is 11.4. The molecule has 3 nitrogen and oxygen atoms in total. The van der Waals surface area contributed by atoms with Crippen LogP contribution in [0.5, 0.6) is 0 Å². The number of carbonyl (C=O) groups is 1. The van der Waals surface area contributed by atoms with Crippen molar-refractivity contribution in [2.75, 3.05) is 7.05 Å². The summed E-state index contributed by atoms with van der Waals surface area (Å²) in [5.74, 6) is 0. The van der Waals surface area contributed by atoms with Gasteiger partial charge >= 0.3 is 12.3 Å². The van der Waals surface area contributed by atoms with Crippen molar-refractivity contribution < 1.29 is 22.7 Å². The van der Waals surface area contributed by atoms with Gasteiger partial charge in [0.2, 0.25) is 0 Å². The molecule has 1 aliphatic rings. The van der Waals surface area contributed by atoms with E-state index in [0.29, 0.717) is 0 Å². The molecule has 0 heterocycles. The van der Waals surface area contributed by atoms with E-state index in [2.05, 4.69) is 5.32 Å². The molecule has 1 N–H and O–H groups in total. The molecule has 108 valence electrons. The van der Waals surface area contributed by atoms with E-state index >= 15 is 0 Å². The molecule has 1 aliphatic carbocycles. The molecular weight excluding hydrogens is 259 g/mol. The number of alkyl carbamates (subject to hydrolysis) is 1. The first-order valence-corrected chi connectivity index (χ1v) is 6.04. The number of hydrogen-bond acceptors (Lipinski definition) is 2. The Hall–Kier alpha value is -1.46. The highest BCUT2D eigenvalue weighted by Crippen LogP contribution is 2.53. The maximum absolute atomic E-state index is 13.4. The number of carbonyl (C=O) groups excluding carboxylic acids is 1. The Bertz CT molecular complexity index is 403. The summed E-state index contributed by atoms with van der Waals surface area (Å²) < 4.78 is 45.4. The molecule has 2 atom stereocenters. The summed E-state index contributed by atoms with van der Waals surface area (Å²) in [5, 5.41) is 2.20. The number of halogens is 3. The summed E-state index contributed by atoms with van der Waals surface area (Å²) in [6, 6.07) is 0. The number of ether oxygens (including phenoxy) is 1. The van der Waals surface area contributed by atoms with Crippen molar-refractivity contribution in [1.82, 2.24) is 5.32 Å². The maximum Gasteiger partial charge on any atom is 0.407 e. The minimum atomic E-state index is -4.48. The molecule has 0 saturated heterocycles. The van der Waals surface area contributed by atoms with E-state index in [1.165, 1.54) is 26.1 Å². The Morgan fingerprint density at radius 3 is 2.42 bits per heavy atom. The molecule has 0 aromatic carbocycles. The molecular formula is C13H18F3NO2. The van der Waals surface area contributed by atoms with Crippen molar-refractivity contribution in [2.45, 2.75) is 38.5 Å². The van der Waals surface area contributed by atoms with E-state index < -0.39 is 23.3 Å². The number of alkyl halides is 3. The van der Waals surface area contributed by atoms with Gasteiger partial charge in [-0.05, 0) is 19.4 Å². The second kappa shape index (κ2) is 5.27. The van der Waals surface area contributed by atoms with Gasteiger partial charge in [0.1, 0.15) is 11.0 Å². The molecule has 0 bridgehead atoms. The van der Waals surface area contributed by atoms with Crippen molar-refractivity contribution in [3.63, 3.8) is 0 Å². The van der Waals surface area contributed by atoms with Crippen LogP contribution in [-0.2, 0) is 4.74 Å². The van der Waals surface area contributed by atoms with Crippen LogP contribution < -0.4 is 5.32 Å². The van der Waals surface area contributed by atoms with Crippen molar-refractivity contribution in [3.8, 4) is 0 Å². The van der Waals surface area contributed by atoms with Crippen LogP contribution in [0.4, 0.5) is 18.0 Å². The van der Waals surface area contributed by atoms with Gasteiger partial charge in [-0.25, -0.2) is 4.79 Å². The van der Waals surface area contributed by atoms with Gasteiger partial charge in [-0.3, -0.25) is 0 Å². The molecule has 1 rings (SSSR count). The maximum atomic E-state index is 13.4. The predicted octanol–water partition coefficient (Wildman–Crippen LogP) is 3.58. The van der Waals surface area contributed by atoms with Gasteiger partial charge in [0.05, 0.1) is 0 Å². The predicted molar refractivity (Wildman–Crippen MR) is 65.6 cm³/mol. The van der Waals surface area contributed by atoms with Crippen LogP contribution in [0.1, 0.15) is 26.7 Å². The lowest BCUT2D eigenvalue weighted by atomic mass is 9.67. The smallest absolute Gasteiger partial charge is 0.407 e. The van der Waals surface area contributed by atoms with Gasteiger partial charge in [0.15, 0.2) is 0 Å². The highest BCUT2D eigenvalue weighted by Gasteiger charge is 2.63. The van der Waals surface area contributed by atoms with Crippen LogP contribution in [0.15, 0.2) is 24.3 Å². The highest BCUT2D eigenvalue weighted by molar-refractivity contribution is 5.68. The lowest BCUT2D eigenvalue weighted by Gasteiger charge is -2.46. The molecule has 0 aliphatic heterocycles. The van der Waals surface area contributed by atoms with Crippen LogP contribution >= 0.6 is 0 Å². The topological polar surface area (TPSA) is 38.3 Å². The molecule has 0 aromatic heterocycles. The fourth-order valence-corrected chi connectivity index (χ4v) is 2.15. The van der Waals surface area contributed by atoms with Crippen molar-refractivity contribution in [2.24, 2.45) is 5.41 Å². The zero-order chi connectivity index (χ0) is 14.7. The molecule has 0 spiro atoms. The van der Waals surface area contributed by atoms with E-state index in [-0.39, 0.29) is 12.8 Å². The summed E-state index contributed by atoms with van der Waals surface area (Å²) in [6.07, 6.45) is 0.465. The van der Waals surface area contributed by atoms with E-state index in [1.807, 2.05) is 0 Å². The fraction of sp³-hybridized carbons (Fsp3) is 0.615. The Morgan fingerprint density at radius 2 is 2.05 bits per heavy atom. The zero-order valence-corrected chi connectivity index (χ0v) is 11.2. The van der Waals surface area contributed by atoms with Gasteiger partial charge in [-0.15, -0.1) is 0 Å². The van der Waals surface area contributed by atoms with E-state index in [9.17, 15) is 18.0 Å². The average Bonchev–Trinajstić information content (AvgIpc) is 2.37. The summed E-state index contributed by atoms with van der Waals surface area (Å²) >= 11 is 0. The molecule has 0 saturated carbocycles. The highest BCUT2D eigenvalue weighted by atomic mass is 19.4. The minimum Gasteiger partial charge on any atom is -0.437 e. The number of nitrogens with one attached hydrogen (secondary N) is 1. The van der Waals surface area contributed by atoms with E-state index in [4.69, 9.17) is 4.74 Å². The monoisotopic (exact) mass is 277 g/mol. The molecule has 2 unspecified atom stereocenters. The fourth-order valence-electron chi connectivity index (χ4n) is 2.15. The molecule has 0 fully saturated rings. The Morgan fingerprint density at radius 1 is 1.42 bits per heavy atom. The van der Waals surface area contributed by atoms with Crippen LogP contribution in [0.2, 0.25) is 0 Å². The number of amides is 1. The molecule has 19 heavy (non-hydrogen) atoms. The molecule has 1 amide bonds. The summed E-state index contributed by atoms with van der Waals surface area (Å²) in [7, 11) is 1.31. The first kappa shape index (κ1) is 15.6. The normalized spacial score (nSPS) is 25.8. The lowest BCUT2D eigenvalue weighted by molar-refractivity contribution is -0.266. The van der Waals surface area contributed by atoms with Gasteiger partial charge in [-0.1, -0.05) is 25.2 Å². The average molecular weight is 277 g/mol. The summed E-state index contributed by atoms with van der Waals surface area (Å²) in [6.45, 7) is 2.52. The summed E-state index contributed by atoms with van der Waals surface area (Å²) in [5.41, 5.74) is -3.86. The SMILES string of the molecule is CCC(C)(C(F)(F)F)C1(OC(=O)NC)C=CC=CC1. The van der Waals surface area contributed by atoms with Gasteiger partial charge in [0, 0.05) is 13.5 Å². The first-order valence-electron chi connectivity index (χ1n) is 6.04. The largest absolute Gasteiger partial charge is 0.437 e. The van der Waals surface area contributed by atoms with Gasteiger partial charge in [0.25, 0.3) is 0 Å². The van der Waals surface area contributed by atoms with Crippen molar-refractivity contribution in [1.29, 1.82) is 0 Å². The van der Waals surface area contributed by atoms with Crippen LogP contribution in [0, 0.1) is 5.41 Å². The van der Waals surface area contributed by atoms with E-state index in [1.54, 1.807) is 12.2 Å². The Kier molecular flexibility index (Phi) is 4.32. The third-order valence-corrected chi connectivity index (χ3v) is 3.78. The second-order valence-electron chi connectivity index (χ2n) is 4.70. The van der Waals surface area contributed by atoms with Crippen molar-refractivity contribution >= 4 is 6.09 Å². The van der Waals surface area contributed by atoms with Crippen LogP contribution in [0.3, 0.4) is 0 Å². The molecule has 0 aromatic rings. The Balaban J connectivity index is 3.27. The van der Waals surface area contributed by atoms with Crippen molar-refractivity contribution in [3.05, 3.63) is 24.3 Å². The zero-order valence-electron chi connectivity index (χ0n) is 11.2. The third-order valence-electron chi connectivity index (χ3n) is 3.78. The van der Waals surface area contributed by atoms with E-state index in [0.717, 1.165) is 6.92 Å². The first-order chi connectivity index (χ1) is 8.72. The van der Waals surface area contributed by atoms with Crippen LogP contribution in [-0.4, -0.2) is 24.9 Å². The van der Waals surface area contributed by atoms with Gasteiger partial charge < -0.3 is 10.1 Å². The molecule has 6 heteroatoms. The quantitative estimate of drug-likeness (QED) is 0.856. The standard InChI is InChI=1S/C13H18F3NO2/c1-4-11(2,13(14,15)16)12(19-10(18)17-3)8-6-5-7-9-12/h5-8H,4,9H2,1-3H3,(H,17,18). The number of hydrogen-bond donors (Lipinski definition) is 1. The second-order valence-corrected chi connectivity index (χ2v) is 4.70. The van der Waals surface area contributed by atoms with Gasteiger partial charge in [-0.2, -0.15) is 13.2 Å². The van der Waals surface area contributed by atoms with Crippen LogP contribution in [0.25, 0.3) is 0 Å². The third kappa shape index (κ3) is 2.62. The number of allylic oxidation sites excluding steroid dienone is 2. The molecule has 0 radical (unpaired) electrons. The minimum absolute atomic E-state index is 0.000764. The lowest BCUT2D eigenvalue weighted by Crippen LogP contribution is -2.57. The Labute approximate surface area is 110 Å².